The highest BCUT2D eigenvalue weighted by Gasteiger charge is 2.15. The summed E-state index contributed by atoms with van der Waals surface area (Å²) in [6.07, 6.45) is 7.03. The van der Waals surface area contributed by atoms with Crippen molar-refractivity contribution in [3.05, 3.63) is 30.2 Å². The van der Waals surface area contributed by atoms with Crippen LogP contribution in [0.15, 0.2) is 28.8 Å². The van der Waals surface area contributed by atoms with Crippen molar-refractivity contribution >= 4 is 0 Å². The number of hydrogen-bond donors (Lipinski definition) is 1. The number of hydrogen-bond acceptors (Lipinski definition) is 4. The minimum absolute atomic E-state index is 0.494. The van der Waals surface area contributed by atoms with Crippen LogP contribution in [0.25, 0.3) is 11.5 Å². The van der Waals surface area contributed by atoms with Crippen molar-refractivity contribution < 1.29 is 9.15 Å². The molecule has 0 aliphatic carbocycles. The molecule has 1 fully saturated rings. The van der Waals surface area contributed by atoms with Crippen LogP contribution >= 0.6 is 0 Å². The van der Waals surface area contributed by atoms with E-state index < -0.39 is 0 Å². The van der Waals surface area contributed by atoms with Crippen LogP contribution in [0.1, 0.15) is 31.4 Å². The molecule has 1 aliphatic rings. The zero-order valence-corrected chi connectivity index (χ0v) is 12.5. The molecule has 0 amide bonds. The molecule has 1 unspecified atom stereocenters. The summed E-state index contributed by atoms with van der Waals surface area (Å²) in [7, 11) is 2.13. The monoisotopic (exact) mass is 289 g/mol. The molecule has 5 nitrogen and oxygen atoms in total. The van der Waals surface area contributed by atoms with E-state index in [1.54, 1.807) is 6.20 Å². The van der Waals surface area contributed by atoms with Gasteiger partial charge in [-0.1, -0.05) is 0 Å². The van der Waals surface area contributed by atoms with Crippen molar-refractivity contribution in [2.75, 3.05) is 20.2 Å². The fraction of sp³-hybridized carbons (Fsp3) is 0.562. The van der Waals surface area contributed by atoms with Crippen LogP contribution in [0, 0.1) is 0 Å². The Bertz CT molecular complexity index is 529. The minimum Gasteiger partial charge on any atom is -0.458 e. The minimum atomic E-state index is 0.494. The SMILES string of the molecule is CN(CCCC1CCCO1)Cc1ccc(-c2ccn[nH]2)o1. The van der Waals surface area contributed by atoms with Crippen molar-refractivity contribution in [3.8, 4) is 11.5 Å². The third-order valence-electron chi connectivity index (χ3n) is 3.94. The zero-order valence-electron chi connectivity index (χ0n) is 12.5. The molecule has 0 radical (unpaired) electrons. The Labute approximate surface area is 125 Å². The Hall–Kier alpha value is -1.59. The lowest BCUT2D eigenvalue weighted by Crippen LogP contribution is -2.20. The van der Waals surface area contributed by atoms with E-state index in [0.29, 0.717) is 6.10 Å². The van der Waals surface area contributed by atoms with Gasteiger partial charge in [0.1, 0.15) is 11.5 Å². The topological polar surface area (TPSA) is 54.3 Å². The third kappa shape index (κ3) is 3.95. The Morgan fingerprint density at radius 1 is 1.38 bits per heavy atom. The highest BCUT2D eigenvalue weighted by molar-refractivity contribution is 5.51. The van der Waals surface area contributed by atoms with Crippen molar-refractivity contribution in [3.63, 3.8) is 0 Å². The summed E-state index contributed by atoms with van der Waals surface area (Å²) < 4.78 is 11.5. The second-order valence-electron chi connectivity index (χ2n) is 5.75. The normalized spacial score (nSPS) is 18.7. The van der Waals surface area contributed by atoms with Crippen molar-refractivity contribution in [1.29, 1.82) is 0 Å². The van der Waals surface area contributed by atoms with Crippen LogP contribution in [0.3, 0.4) is 0 Å². The van der Waals surface area contributed by atoms with E-state index in [1.165, 1.54) is 25.7 Å². The van der Waals surface area contributed by atoms with Gasteiger partial charge in [-0.25, -0.2) is 0 Å². The van der Waals surface area contributed by atoms with Gasteiger partial charge in [-0.2, -0.15) is 5.10 Å². The number of aromatic amines is 1. The van der Waals surface area contributed by atoms with Gasteiger partial charge in [-0.05, 0) is 57.5 Å². The fourth-order valence-electron chi connectivity index (χ4n) is 2.81. The average Bonchev–Trinajstić information content (AvgIpc) is 3.21. The second-order valence-corrected chi connectivity index (χ2v) is 5.75. The molecule has 114 valence electrons. The summed E-state index contributed by atoms with van der Waals surface area (Å²) in [5.74, 6) is 1.83. The van der Waals surface area contributed by atoms with Crippen LogP contribution in [-0.4, -0.2) is 41.4 Å². The van der Waals surface area contributed by atoms with Gasteiger partial charge in [0.25, 0.3) is 0 Å². The zero-order chi connectivity index (χ0) is 14.5. The maximum absolute atomic E-state index is 5.84. The van der Waals surface area contributed by atoms with Crippen LogP contribution in [-0.2, 0) is 11.3 Å². The molecule has 0 spiro atoms. The Morgan fingerprint density at radius 3 is 3.10 bits per heavy atom. The van der Waals surface area contributed by atoms with Gasteiger partial charge in [0.2, 0.25) is 0 Å². The maximum atomic E-state index is 5.84. The number of aromatic nitrogens is 2. The van der Waals surface area contributed by atoms with E-state index in [1.807, 2.05) is 18.2 Å². The second kappa shape index (κ2) is 6.91. The number of H-pyrrole nitrogens is 1. The van der Waals surface area contributed by atoms with Gasteiger partial charge >= 0.3 is 0 Å². The molecule has 1 N–H and O–H groups in total. The third-order valence-corrected chi connectivity index (χ3v) is 3.94. The molecule has 3 heterocycles. The molecule has 1 atom stereocenters. The standard InChI is InChI=1S/C16H23N3O2/c1-19(10-2-4-13-5-3-11-20-13)12-14-6-7-16(21-14)15-8-9-17-18-15/h6-9,13H,2-5,10-12H2,1H3,(H,17,18). The van der Waals surface area contributed by atoms with Crippen LogP contribution < -0.4 is 0 Å². The highest BCUT2D eigenvalue weighted by atomic mass is 16.5. The van der Waals surface area contributed by atoms with Crippen LogP contribution in [0.2, 0.25) is 0 Å². The van der Waals surface area contributed by atoms with E-state index >= 15 is 0 Å². The maximum Gasteiger partial charge on any atom is 0.152 e. The first-order valence-electron chi connectivity index (χ1n) is 7.70. The molecule has 1 aliphatic heterocycles. The van der Waals surface area contributed by atoms with E-state index in [9.17, 15) is 0 Å². The van der Waals surface area contributed by atoms with Gasteiger partial charge < -0.3 is 9.15 Å². The number of nitrogens with one attached hydrogen (secondary N) is 1. The predicted molar refractivity (Wildman–Crippen MR) is 80.8 cm³/mol. The van der Waals surface area contributed by atoms with Crippen molar-refractivity contribution in [1.82, 2.24) is 15.1 Å². The van der Waals surface area contributed by atoms with E-state index in [4.69, 9.17) is 9.15 Å². The van der Waals surface area contributed by atoms with E-state index in [0.717, 1.165) is 36.9 Å². The first-order valence-corrected chi connectivity index (χ1v) is 7.70. The first kappa shape index (κ1) is 14.4. The molecule has 0 bridgehead atoms. The predicted octanol–water partition coefficient (Wildman–Crippen LogP) is 3.06. The van der Waals surface area contributed by atoms with Crippen LogP contribution in [0.5, 0.6) is 0 Å². The Kier molecular flexibility index (Phi) is 4.72. The first-order chi connectivity index (χ1) is 10.3. The van der Waals surface area contributed by atoms with Crippen molar-refractivity contribution in [2.45, 2.75) is 38.3 Å². The summed E-state index contributed by atoms with van der Waals surface area (Å²) in [6.45, 7) is 2.85. The Balaban J connectivity index is 1.43. The van der Waals surface area contributed by atoms with Crippen molar-refractivity contribution in [2.24, 2.45) is 0 Å². The van der Waals surface area contributed by atoms with Gasteiger partial charge in [0, 0.05) is 12.8 Å². The molecule has 5 heteroatoms. The fourth-order valence-corrected chi connectivity index (χ4v) is 2.81. The molecule has 2 aromatic rings. The number of rotatable bonds is 7. The number of nitrogens with zero attached hydrogens (tertiary/aromatic N) is 2. The van der Waals surface area contributed by atoms with E-state index in [2.05, 4.69) is 22.1 Å². The molecule has 21 heavy (non-hydrogen) atoms. The lowest BCUT2D eigenvalue weighted by molar-refractivity contribution is 0.0993. The lowest BCUT2D eigenvalue weighted by Gasteiger charge is -2.16. The summed E-state index contributed by atoms with van der Waals surface area (Å²) in [6, 6.07) is 5.93. The van der Waals surface area contributed by atoms with Gasteiger partial charge in [-0.15, -0.1) is 0 Å². The van der Waals surface area contributed by atoms with Gasteiger partial charge in [0.15, 0.2) is 5.76 Å². The molecule has 0 aromatic carbocycles. The molecule has 2 aromatic heterocycles. The summed E-state index contributed by atoms with van der Waals surface area (Å²) >= 11 is 0. The average molecular weight is 289 g/mol. The number of ether oxygens (including phenoxy) is 1. The summed E-state index contributed by atoms with van der Waals surface area (Å²) in [5, 5.41) is 6.85. The molecular formula is C16H23N3O2. The largest absolute Gasteiger partial charge is 0.458 e. The lowest BCUT2D eigenvalue weighted by atomic mass is 10.1. The highest BCUT2D eigenvalue weighted by Crippen LogP contribution is 2.21. The van der Waals surface area contributed by atoms with E-state index in [-0.39, 0.29) is 0 Å². The quantitative estimate of drug-likeness (QED) is 0.851. The van der Waals surface area contributed by atoms with Gasteiger partial charge in [0.05, 0.1) is 12.6 Å². The smallest absolute Gasteiger partial charge is 0.152 e. The molecular weight excluding hydrogens is 266 g/mol. The molecule has 3 rings (SSSR count). The summed E-state index contributed by atoms with van der Waals surface area (Å²) in [4.78, 5) is 2.30. The Morgan fingerprint density at radius 2 is 2.33 bits per heavy atom. The number of furan rings is 1. The van der Waals surface area contributed by atoms with Crippen LogP contribution in [0.4, 0.5) is 0 Å². The summed E-state index contributed by atoms with van der Waals surface area (Å²) in [5.41, 5.74) is 0.919. The van der Waals surface area contributed by atoms with Gasteiger partial charge in [-0.3, -0.25) is 10.00 Å². The molecule has 0 saturated carbocycles. The molecule has 1 saturated heterocycles.